The van der Waals surface area contributed by atoms with Gasteiger partial charge in [0.05, 0.1) is 12.7 Å². The molecule has 172 valence electrons. The third kappa shape index (κ3) is 5.50. The van der Waals surface area contributed by atoms with Crippen LogP contribution in [0.2, 0.25) is 0 Å². The SMILES string of the molecule is CCOc1cc(-c2ccc3c(c2)CC[C@H](CNC[C@H](O)c2cccnc2)O3)ccc1C(=O)O. The van der Waals surface area contributed by atoms with E-state index in [0.717, 1.165) is 40.8 Å². The van der Waals surface area contributed by atoms with E-state index < -0.39 is 12.1 Å². The van der Waals surface area contributed by atoms with Gasteiger partial charge in [-0.2, -0.15) is 0 Å². The van der Waals surface area contributed by atoms with Crippen molar-refractivity contribution >= 4 is 5.97 Å². The van der Waals surface area contributed by atoms with Crippen molar-refractivity contribution in [2.24, 2.45) is 0 Å². The van der Waals surface area contributed by atoms with Gasteiger partial charge in [-0.25, -0.2) is 4.79 Å². The fraction of sp³-hybridized carbons (Fsp3) is 0.308. The number of rotatable bonds is 9. The number of carboxylic acid groups (broad SMARTS) is 1. The summed E-state index contributed by atoms with van der Waals surface area (Å²) in [5, 5.41) is 22.9. The molecule has 7 heteroatoms. The lowest BCUT2D eigenvalue weighted by Crippen LogP contribution is -2.36. The van der Waals surface area contributed by atoms with Gasteiger partial charge in [0, 0.05) is 31.0 Å². The molecule has 0 saturated heterocycles. The molecule has 0 aliphatic carbocycles. The summed E-state index contributed by atoms with van der Waals surface area (Å²) in [5.74, 6) is 0.226. The van der Waals surface area contributed by atoms with E-state index in [0.29, 0.717) is 25.4 Å². The maximum Gasteiger partial charge on any atom is 0.339 e. The number of nitrogens with one attached hydrogen (secondary N) is 1. The van der Waals surface area contributed by atoms with Gasteiger partial charge in [-0.1, -0.05) is 18.2 Å². The lowest BCUT2D eigenvalue weighted by atomic mass is 9.96. The van der Waals surface area contributed by atoms with Crippen LogP contribution in [0.15, 0.2) is 60.9 Å². The first kappa shape index (κ1) is 22.8. The van der Waals surface area contributed by atoms with Crippen LogP contribution in [0.1, 0.15) is 40.9 Å². The number of aromatic carboxylic acids is 1. The average Bonchev–Trinajstić information content (AvgIpc) is 2.84. The van der Waals surface area contributed by atoms with Crippen molar-refractivity contribution in [2.45, 2.75) is 32.0 Å². The monoisotopic (exact) mass is 448 g/mol. The number of hydrogen-bond donors (Lipinski definition) is 3. The minimum atomic E-state index is -1.00. The third-order valence-electron chi connectivity index (χ3n) is 5.71. The van der Waals surface area contributed by atoms with Gasteiger partial charge >= 0.3 is 5.97 Å². The zero-order chi connectivity index (χ0) is 23.2. The molecule has 0 bridgehead atoms. The highest BCUT2D eigenvalue weighted by molar-refractivity contribution is 5.92. The quantitative estimate of drug-likeness (QED) is 0.457. The molecule has 4 rings (SSSR count). The van der Waals surface area contributed by atoms with E-state index in [9.17, 15) is 15.0 Å². The second-order valence-electron chi connectivity index (χ2n) is 8.01. The standard InChI is InChI=1S/C26H28N2O5/c1-2-32-25-13-18(6-9-22(25)26(30)31)17-7-10-24-19(12-17)5-8-21(33-24)15-28-16-23(29)20-4-3-11-27-14-20/h3-4,6-7,9-14,21,23,28-29H,2,5,8,15-16H2,1H3,(H,30,31)/t21-,23+/m1/s1. The normalized spacial score (nSPS) is 15.9. The second-order valence-corrected chi connectivity index (χ2v) is 8.01. The Hall–Kier alpha value is -3.42. The molecule has 2 heterocycles. The number of carboxylic acids is 1. The molecule has 1 aliphatic rings. The molecule has 33 heavy (non-hydrogen) atoms. The van der Waals surface area contributed by atoms with Gasteiger partial charge in [-0.15, -0.1) is 0 Å². The summed E-state index contributed by atoms with van der Waals surface area (Å²) in [6.45, 7) is 3.31. The maximum absolute atomic E-state index is 11.4. The van der Waals surface area contributed by atoms with Crippen LogP contribution >= 0.6 is 0 Å². The predicted molar refractivity (Wildman–Crippen MR) is 125 cm³/mol. The van der Waals surface area contributed by atoms with Crippen LogP contribution in [0.4, 0.5) is 0 Å². The molecule has 0 radical (unpaired) electrons. The van der Waals surface area contributed by atoms with Crippen molar-refractivity contribution in [2.75, 3.05) is 19.7 Å². The summed E-state index contributed by atoms with van der Waals surface area (Å²) >= 11 is 0. The molecular weight excluding hydrogens is 420 g/mol. The van der Waals surface area contributed by atoms with Gasteiger partial charge in [0.2, 0.25) is 0 Å². The number of fused-ring (bicyclic) bond motifs is 1. The van der Waals surface area contributed by atoms with Crippen LogP contribution in [-0.4, -0.2) is 47.0 Å². The zero-order valence-corrected chi connectivity index (χ0v) is 18.5. The molecule has 0 unspecified atom stereocenters. The highest BCUT2D eigenvalue weighted by atomic mass is 16.5. The predicted octanol–water partition coefficient (Wildman–Crippen LogP) is 3.86. The van der Waals surface area contributed by atoms with E-state index in [-0.39, 0.29) is 11.7 Å². The van der Waals surface area contributed by atoms with Gasteiger partial charge in [0.15, 0.2) is 0 Å². The van der Waals surface area contributed by atoms with Crippen molar-refractivity contribution < 1.29 is 24.5 Å². The molecule has 0 saturated carbocycles. The van der Waals surface area contributed by atoms with Gasteiger partial charge in [0.25, 0.3) is 0 Å². The summed E-state index contributed by atoms with van der Waals surface area (Å²) in [4.78, 5) is 15.5. The zero-order valence-electron chi connectivity index (χ0n) is 18.5. The number of hydrogen-bond acceptors (Lipinski definition) is 6. The lowest BCUT2D eigenvalue weighted by Gasteiger charge is -2.27. The van der Waals surface area contributed by atoms with Gasteiger partial charge in [-0.3, -0.25) is 4.98 Å². The average molecular weight is 449 g/mol. The number of aryl methyl sites for hydroxylation is 1. The first-order valence-electron chi connectivity index (χ1n) is 11.1. The summed E-state index contributed by atoms with van der Waals surface area (Å²) in [7, 11) is 0. The second kappa shape index (κ2) is 10.5. The van der Waals surface area contributed by atoms with E-state index in [1.54, 1.807) is 30.6 Å². The Bertz CT molecular complexity index is 1100. The summed E-state index contributed by atoms with van der Waals surface area (Å²) in [6.07, 6.45) is 4.53. The number of ether oxygens (including phenoxy) is 2. The Labute approximate surface area is 193 Å². The largest absolute Gasteiger partial charge is 0.493 e. The van der Waals surface area contributed by atoms with E-state index in [1.165, 1.54) is 0 Å². The fourth-order valence-electron chi connectivity index (χ4n) is 3.99. The van der Waals surface area contributed by atoms with E-state index in [4.69, 9.17) is 9.47 Å². The van der Waals surface area contributed by atoms with E-state index in [2.05, 4.69) is 16.4 Å². The van der Waals surface area contributed by atoms with E-state index in [1.807, 2.05) is 31.2 Å². The molecule has 1 aliphatic heterocycles. The Morgan fingerprint density at radius 1 is 1.24 bits per heavy atom. The number of aliphatic hydroxyl groups excluding tert-OH is 1. The molecule has 0 spiro atoms. The Balaban J connectivity index is 1.39. The lowest BCUT2D eigenvalue weighted by molar-refractivity contribution is 0.0692. The van der Waals surface area contributed by atoms with Crippen LogP contribution in [0.3, 0.4) is 0 Å². The molecule has 3 aromatic rings. The molecule has 2 atom stereocenters. The van der Waals surface area contributed by atoms with Crippen molar-refractivity contribution in [3.63, 3.8) is 0 Å². The minimum absolute atomic E-state index is 0.0313. The molecule has 0 amide bonds. The van der Waals surface area contributed by atoms with Crippen molar-refractivity contribution in [1.29, 1.82) is 0 Å². The van der Waals surface area contributed by atoms with Crippen LogP contribution in [0.5, 0.6) is 11.5 Å². The van der Waals surface area contributed by atoms with Crippen LogP contribution < -0.4 is 14.8 Å². The first-order chi connectivity index (χ1) is 16.0. The van der Waals surface area contributed by atoms with Gasteiger partial charge in [-0.05, 0) is 66.8 Å². The third-order valence-corrected chi connectivity index (χ3v) is 5.71. The minimum Gasteiger partial charge on any atom is -0.493 e. The molecule has 1 aromatic heterocycles. The topological polar surface area (TPSA) is 101 Å². The Morgan fingerprint density at radius 2 is 2.06 bits per heavy atom. The van der Waals surface area contributed by atoms with Crippen molar-refractivity contribution in [1.82, 2.24) is 10.3 Å². The number of nitrogens with zero attached hydrogens (tertiary/aromatic N) is 1. The molecule has 3 N–H and O–H groups in total. The van der Waals surface area contributed by atoms with Crippen molar-refractivity contribution in [3.8, 4) is 22.6 Å². The number of aliphatic hydroxyl groups is 1. The summed E-state index contributed by atoms with van der Waals surface area (Å²) in [6, 6.07) is 14.9. The van der Waals surface area contributed by atoms with Crippen molar-refractivity contribution in [3.05, 3.63) is 77.6 Å². The highest BCUT2D eigenvalue weighted by Crippen LogP contribution is 2.34. The van der Waals surface area contributed by atoms with E-state index >= 15 is 0 Å². The number of aromatic nitrogens is 1. The maximum atomic E-state index is 11.4. The number of carbonyl (C=O) groups is 1. The fourth-order valence-corrected chi connectivity index (χ4v) is 3.99. The molecule has 0 fully saturated rings. The van der Waals surface area contributed by atoms with Crippen LogP contribution in [-0.2, 0) is 6.42 Å². The molecule has 7 nitrogen and oxygen atoms in total. The molecular formula is C26H28N2O5. The number of benzene rings is 2. The smallest absolute Gasteiger partial charge is 0.339 e. The van der Waals surface area contributed by atoms with Gasteiger partial charge < -0.3 is 25.0 Å². The number of pyridine rings is 1. The Kier molecular flexibility index (Phi) is 7.22. The van der Waals surface area contributed by atoms with Crippen LogP contribution in [0, 0.1) is 0 Å². The van der Waals surface area contributed by atoms with Crippen LogP contribution in [0.25, 0.3) is 11.1 Å². The summed E-state index contributed by atoms with van der Waals surface area (Å²) in [5.41, 5.74) is 3.97. The van der Waals surface area contributed by atoms with Gasteiger partial charge in [0.1, 0.15) is 23.2 Å². The molecule has 2 aromatic carbocycles. The highest BCUT2D eigenvalue weighted by Gasteiger charge is 2.21. The Morgan fingerprint density at radius 3 is 2.82 bits per heavy atom. The first-order valence-corrected chi connectivity index (χ1v) is 11.1. The summed E-state index contributed by atoms with van der Waals surface area (Å²) < 4.78 is 11.7.